The van der Waals surface area contributed by atoms with Gasteiger partial charge >= 0.3 is 0 Å². The second-order valence-electron chi connectivity index (χ2n) is 6.12. The van der Waals surface area contributed by atoms with Crippen LogP contribution in [0.5, 0.6) is 5.75 Å². The molecule has 2 aliphatic rings. The van der Waals surface area contributed by atoms with E-state index in [1.165, 1.54) is 0 Å². The SMILES string of the molecule is CC(C)N1CCC(N2CCc3cc(O)ccc3C2=O)C1. The van der Waals surface area contributed by atoms with Gasteiger partial charge in [0.2, 0.25) is 0 Å². The molecule has 2 heterocycles. The summed E-state index contributed by atoms with van der Waals surface area (Å²) in [4.78, 5) is 17.1. The van der Waals surface area contributed by atoms with Gasteiger partial charge in [0.05, 0.1) is 0 Å². The highest BCUT2D eigenvalue weighted by molar-refractivity contribution is 5.97. The van der Waals surface area contributed by atoms with Gasteiger partial charge in [-0.3, -0.25) is 9.69 Å². The average molecular weight is 274 g/mol. The van der Waals surface area contributed by atoms with Gasteiger partial charge in [0.25, 0.3) is 5.91 Å². The summed E-state index contributed by atoms with van der Waals surface area (Å²) in [6.45, 7) is 7.24. The van der Waals surface area contributed by atoms with Crippen molar-refractivity contribution in [3.05, 3.63) is 29.3 Å². The zero-order valence-corrected chi connectivity index (χ0v) is 12.2. The van der Waals surface area contributed by atoms with Crippen molar-refractivity contribution >= 4 is 5.91 Å². The number of phenols is 1. The Labute approximate surface area is 120 Å². The van der Waals surface area contributed by atoms with Crippen molar-refractivity contribution in [2.45, 2.75) is 38.8 Å². The summed E-state index contributed by atoms with van der Waals surface area (Å²) in [5.41, 5.74) is 1.74. The third kappa shape index (κ3) is 2.29. The van der Waals surface area contributed by atoms with E-state index in [9.17, 15) is 9.90 Å². The minimum Gasteiger partial charge on any atom is -0.508 e. The lowest BCUT2D eigenvalue weighted by Crippen LogP contribution is -2.46. The molecule has 0 aromatic heterocycles. The molecular weight excluding hydrogens is 252 g/mol. The van der Waals surface area contributed by atoms with Crippen LogP contribution in [0.4, 0.5) is 0 Å². The molecule has 0 aliphatic carbocycles. The molecule has 108 valence electrons. The zero-order valence-electron chi connectivity index (χ0n) is 12.2. The molecule has 1 N–H and O–H groups in total. The van der Waals surface area contributed by atoms with Crippen molar-refractivity contribution in [2.75, 3.05) is 19.6 Å². The summed E-state index contributed by atoms with van der Waals surface area (Å²) >= 11 is 0. The zero-order chi connectivity index (χ0) is 14.3. The van der Waals surface area contributed by atoms with Gasteiger partial charge < -0.3 is 10.0 Å². The fourth-order valence-corrected chi connectivity index (χ4v) is 3.33. The van der Waals surface area contributed by atoms with Crippen molar-refractivity contribution in [1.29, 1.82) is 0 Å². The second kappa shape index (κ2) is 5.09. The largest absolute Gasteiger partial charge is 0.508 e. The van der Waals surface area contributed by atoms with E-state index in [2.05, 4.69) is 18.7 Å². The van der Waals surface area contributed by atoms with E-state index < -0.39 is 0 Å². The Morgan fingerprint density at radius 1 is 1.30 bits per heavy atom. The molecule has 4 nitrogen and oxygen atoms in total. The Hall–Kier alpha value is -1.55. The number of aromatic hydroxyl groups is 1. The Morgan fingerprint density at radius 2 is 2.10 bits per heavy atom. The molecule has 0 radical (unpaired) electrons. The van der Waals surface area contributed by atoms with Gasteiger partial charge in [0.15, 0.2) is 0 Å². The molecule has 1 amide bonds. The first kappa shape index (κ1) is 13.4. The maximum Gasteiger partial charge on any atom is 0.254 e. The van der Waals surface area contributed by atoms with Gasteiger partial charge in [-0.2, -0.15) is 0 Å². The van der Waals surface area contributed by atoms with Crippen molar-refractivity contribution < 1.29 is 9.90 Å². The van der Waals surface area contributed by atoms with Gasteiger partial charge in [-0.15, -0.1) is 0 Å². The van der Waals surface area contributed by atoms with Crippen molar-refractivity contribution in [3.8, 4) is 5.75 Å². The summed E-state index contributed by atoms with van der Waals surface area (Å²) in [5, 5.41) is 9.52. The van der Waals surface area contributed by atoms with E-state index >= 15 is 0 Å². The molecule has 20 heavy (non-hydrogen) atoms. The quantitative estimate of drug-likeness (QED) is 0.895. The Bertz CT molecular complexity index is 527. The lowest BCUT2D eigenvalue weighted by Gasteiger charge is -2.34. The highest BCUT2D eigenvalue weighted by Crippen LogP contribution is 2.27. The van der Waals surface area contributed by atoms with Crippen LogP contribution in [-0.4, -0.2) is 52.5 Å². The number of nitrogens with zero attached hydrogens (tertiary/aromatic N) is 2. The van der Waals surface area contributed by atoms with Gasteiger partial charge in [0.1, 0.15) is 5.75 Å². The molecule has 1 saturated heterocycles. The number of benzene rings is 1. The highest BCUT2D eigenvalue weighted by atomic mass is 16.3. The number of amides is 1. The summed E-state index contributed by atoms with van der Waals surface area (Å²) in [7, 11) is 0. The molecule has 1 fully saturated rings. The lowest BCUT2D eigenvalue weighted by atomic mass is 9.97. The Balaban J connectivity index is 1.78. The van der Waals surface area contributed by atoms with E-state index in [-0.39, 0.29) is 11.7 Å². The smallest absolute Gasteiger partial charge is 0.254 e. The molecule has 1 aromatic carbocycles. The maximum atomic E-state index is 12.6. The number of carbonyl (C=O) groups excluding carboxylic acids is 1. The number of hydrogen-bond acceptors (Lipinski definition) is 3. The number of hydrogen-bond donors (Lipinski definition) is 1. The summed E-state index contributed by atoms with van der Waals surface area (Å²) in [6, 6.07) is 5.97. The highest BCUT2D eigenvalue weighted by Gasteiger charge is 2.34. The summed E-state index contributed by atoms with van der Waals surface area (Å²) < 4.78 is 0. The summed E-state index contributed by atoms with van der Waals surface area (Å²) in [6.07, 6.45) is 1.91. The van der Waals surface area contributed by atoms with Crippen LogP contribution in [0.2, 0.25) is 0 Å². The van der Waals surface area contributed by atoms with Gasteiger partial charge in [-0.1, -0.05) is 0 Å². The van der Waals surface area contributed by atoms with Crippen LogP contribution < -0.4 is 0 Å². The van der Waals surface area contributed by atoms with Crippen molar-refractivity contribution in [3.63, 3.8) is 0 Å². The molecule has 0 bridgehead atoms. The van der Waals surface area contributed by atoms with Crippen LogP contribution in [0.25, 0.3) is 0 Å². The second-order valence-corrected chi connectivity index (χ2v) is 6.12. The molecule has 0 saturated carbocycles. The molecular formula is C16H22N2O2. The lowest BCUT2D eigenvalue weighted by molar-refractivity contribution is 0.0660. The minimum atomic E-state index is 0.127. The first-order valence-electron chi connectivity index (χ1n) is 7.43. The van der Waals surface area contributed by atoms with Crippen LogP contribution in [0.15, 0.2) is 18.2 Å². The first-order chi connectivity index (χ1) is 9.56. The van der Waals surface area contributed by atoms with Crippen LogP contribution in [0.1, 0.15) is 36.2 Å². The van der Waals surface area contributed by atoms with Crippen LogP contribution in [0, 0.1) is 0 Å². The molecule has 1 unspecified atom stereocenters. The topological polar surface area (TPSA) is 43.8 Å². The van der Waals surface area contributed by atoms with E-state index in [4.69, 9.17) is 0 Å². The predicted octanol–water partition coefficient (Wildman–Crippen LogP) is 1.87. The van der Waals surface area contributed by atoms with Crippen molar-refractivity contribution in [1.82, 2.24) is 9.80 Å². The fraction of sp³-hybridized carbons (Fsp3) is 0.562. The molecule has 1 atom stereocenters. The molecule has 0 spiro atoms. The molecule has 1 aromatic rings. The predicted molar refractivity (Wildman–Crippen MR) is 78.0 cm³/mol. The number of likely N-dealkylation sites (tertiary alicyclic amines) is 1. The number of carbonyl (C=O) groups is 1. The molecule has 2 aliphatic heterocycles. The van der Waals surface area contributed by atoms with Gasteiger partial charge in [-0.25, -0.2) is 0 Å². The van der Waals surface area contributed by atoms with E-state index in [0.29, 0.717) is 12.1 Å². The van der Waals surface area contributed by atoms with E-state index in [0.717, 1.165) is 43.6 Å². The van der Waals surface area contributed by atoms with E-state index in [1.807, 2.05) is 4.90 Å². The average Bonchev–Trinajstić information content (AvgIpc) is 2.88. The summed E-state index contributed by atoms with van der Waals surface area (Å²) in [5.74, 6) is 0.374. The van der Waals surface area contributed by atoms with Gasteiger partial charge in [-0.05, 0) is 50.5 Å². The molecule has 4 heteroatoms. The Morgan fingerprint density at radius 3 is 2.80 bits per heavy atom. The number of rotatable bonds is 2. The van der Waals surface area contributed by atoms with Gasteiger partial charge in [0, 0.05) is 37.3 Å². The fourth-order valence-electron chi connectivity index (χ4n) is 3.33. The van der Waals surface area contributed by atoms with Crippen LogP contribution >= 0.6 is 0 Å². The maximum absolute atomic E-state index is 12.6. The normalized spacial score (nSPS) is 23.4. The van der Waals surface area contributed by atoms with Crippen LogP contribution in [0.3, 0.4) is 0 Å². The van der Waals surface area contributed by atoms with Crippen molar-refractivity contribution in [2.24, 2.45) is 0 Å². The molecule has 3 rings (SSSR count). The standard InChI is InChI=1S/C16H22N2O2/c1-11(2)17-7-6-13(10-17)18-8-5-12-9-14(19)3-4-15(12)16(18)20/h3-4,9,11,13,19H,5-8,10H2,1-2H3. The monoisotopic (exact) mass is 274 g/mol. The minimum absolute atomic E-state index is 0.127. The first-order valence-corrected chi connectivity index (χ1v) is 7.43. The Kier molecular flexibility index (Phi) is 3.42. The number of phenolic OH excluding ortho intramolecular Hbond substituents is 1. The van der Waals surface area contributed by atoms with E-state index in [1.54, 1.807) is 18.2 Å². The third-order valence-electron chi connectivity index (χ3n) is 4.57. The number of fused-ring (bicyclic) bond motifs is 1. The van der Waals surface area contributed by atoms with Crippen LogP contribution in [-0.2, 0) is 6.42 Å². The third-order valence-corrected chi connectivity index (χ3v) is 4.57.